The van der Waals surface area contributed by atoms with Crippen molar-refractivity contribution >= 4 is 17.7 Å². The fourth-order valence-electron chi connectivity index (χ4n) is 2.62. The molecule has 19 heavy (non-hydrogen) atoms. The second kappa shape index (κ2) is 6.33. The van der Waals surface area contributed by atoms with Crippen molar-refractivity contribution in [3.05, 3.63) is 29.3 Å². The Labute approximate surface area is 118 Å². The number of carbonyl (C=O) groups is 1. The molecular formula is C15H21NO2S. The van der Waals surface area contributed by atoms with Crippen LogP contribution in [0.4, 0.5) is 0 Å². The van der Waals surface area contributed by atoms with Gasteiger partial charge in [-0.3, -0.25) is 4.79 Å². The minimum Gasteiger partial charge on any atom is -0.508 e. The molecule has 2 rings (SSSR count). The van der Waals surface area contributed by atoms with Crippen LogP contribution < -0.4 is 5.32 Å². The largest absolute Gasteiger partial charge is 0.508 e. The van der Waals surface area contributed by atoms with E-state index in [1.54, 1.807) is 25.1 Å². The Morgan fingerprint density at radius 1 is 1.47 bits per heavy atom. The monoisotopic (exact) mass is 279 g/mol. The van der Waals surface area contributed by atoms with Crippen LogP contribution in [-0.4, -0.2) is 28.1 Å². The third-order valence-electron chi connectivity index (χ3n) is 3.70. The lowest BCUT2D eigenvalue weighted by Crippen LogP contribution is -2.39. The standard InChI is InChI=1S/C15H21NO2S/c1-3-19-14-9-5-7-12(14)16-15(18)11-6-4-8-13(17)10(11)2/h4,6,8,12,14,17H,3,5,7,9H2,1-2H3,(H,16,18). The lowest BCUT2D eigenvalue weighted by molar-refractivity contribution is 0.0937. The number of nitrogens with one attached hydrogen (secondary N) is 1. The van der Waals surface area contributed by atoms with E-state index in [0.717, 1.165) is 12.2 Å². The zero-order valence-electron chi connectivity index (χ0n) is 11.5. The predicted octanol–water partition coefficient (Wildman–Crippen LogP) is 3.10. The Kier molecular flexibility index (Phi) is 4.75. The van der Waals surface area contributed by atoms with Gasteiger partial charge in [-0.1, -0.05) is 19.4 Å². The number of phenols is 1. The summed E-state index contributed by atoms with van der Waals surface area (Å²) in [5, 5.41) is 13.3. The Balaban J connectivity index is 2.06. The third-order valence-corrected chi connectivity index (χ3v) is 5.03. The van der Waals surface area contributed by atoms with E-state index < -0.39 is 0 Å². The molecule has 3 nitrogen and oxygen atoms in total. The van der Waals surface area contributed by atoms with Crippen molar-refractivity contribution in [1.29, 1.82) is 0 Å². The van der Waals surface area contributed by atoms with Gasteiger partial charge in [0.2, 0.25) is 0 Å². The molecule has 1 saturated carbocycles. The molecule has 0 spiro atoms. The summed E-state index contributed by atoms with van der Waals surface area (Å²) in [6, 6.07) is 5.35. The van der Waals surface area contributed by atoms with Crippen molar-refractivity contribution in [3.8, 4) is 5.75 Å². The van der Waals surface area contributed by atoms with Gasteiger partial charge in [0.15, 0.2) is 0 Å². The van der Waals surface area contributed by atoms with Crippen molar-refractivity contribution in [3.63, 3.8) is 0 Å². The van der Waals surface area contributed by atoms with Crippen LogP contribution >= 0.6 is 11.8 Å². The predicted molar refractivity (Wildman–Crippen MR) is 79.9 cm³/mol. The molecule has 1 aliphatic rings. The average Bonchev–Trinajstić information content (AvgIpc) is 2.80. The number of hydrogen-bond donors (Lipinski definition) is 2. The van der Waals surface area contributed by atoms with Crippen molar-refractivity contribution in [1.82, 2.24) is 5.32 Å². The third kappa shape index (κ3) is 3.24. The summed E-state index contributed by atoms with van der Waals surface area (Å²) in [7, 11) is 0. The Bertz CT molecular complexity index is 461. The van der Waals surface area contributed by atoms with Crippen molar-refractivity contribution in [2.75, 3.05) is 5.75 Å². The van der Waals surface area contributed by atoms with Crippen LogP contribution in [0.15, 0.2) is 18.2 Å². The van der Waals surface area contributed by atoms with Crippen LogP contribution in [-0.2, 0) is 0 Å². The molecule has 2 N–H and O–H groups in total. The fraction of sp³-hybridized carbons (Fsp3) is 0.533. The Hall–Kier alpha value is -1.16. The van der Waals surface area contributed by atoms with Crippen LogP contribution in [0.3, 0.4) is 0 Å². The fourth-order valence-corrected chi connectivity index (χ4v) is 3.82. The van der Waals surface area contributed by atoms with E-state index in [0.29, 0.717) is 16.4 Å². The zero-order chi connectivity index (χ0) is 13.8. The number of thioether (sulfide) groups is 1. The summed E-state index contributed by atoms with van der Waals surface area (Å²) in [4.78, 5) is 12.3. The molecule has 0 radical (unpaired) electrons. The molecule has 0 aliphatic heterocycles. The van der Waals surface area contributed by atoms with E-state index in [9.17, 15) is 9.90 Å². The molecule has 0 heterocycles. The Morgan fingerprint density at radius 2 is 2.26 bits per heavy atom. The van der Waals surface area contributed by atoms with Crippen LogP contribution in [0.2, 0.25) is 0 Å². The summed E-state index contributed by atoms with van der Waals surface area (Å²) in [5.41, 5.74) is 1.23. The minimum atomic E-state index is -0.0676. The molecular weight excluding hydrogens is 258 g/mol. The van der Waals surface area contributed by atoms with Gasteiger partial charge in [0.1, 0.15) is 5.75 Å². The van der Waals surface area contributed by atoms with E-state index >= 15 is 0 Å². The maximum Gasteiger partial charge on any atom is 0.251 e. The van der Waals surface area contributed by atoms with E-state index in [1.165, 1.54) is 12.8 Å². The lowest BCUT2D eigenvalue weighted by atomic mass is 10.1. The normalized spacial score (nSPS) is 22.4. The van der Waals surface area contributed by atoms with Crippen molar-refractivity contribution < 1.29 is 9.90 Å². The molecule has 4 heteroatoms. The summed E-state index contributed by atoms with van der Waals surface area (Å²) < 4.78 is 0. The van der Waals surface area contributed by atoms with E-state index in [-0.39, 0.29) is 17.7 Å². The first-order valence-corrected chi connectivity index (χ1v) is 7.89. The molecule has 0 aromatic heterocycles. The number of hydrogen-bond acceptors (Lipinski definition) is 3. The summed E-state index contributed by atoms with van der Waals surface area (Å²) in [6.07, 6.45) is 3.42. The quantitative estimate of drug-likeness (QED) is 0.890. The lowest BCUT2D eigenvalue weighted by Gasteiger charge is -2.20. The van der Waals surface area contributed by atoms with Gasteiger partial charge < -0.3 is 10.4 Å². The van der Waals surface area contributed by atoms with Gasteiger partial charge in [-0.25, -0.2) is 0 Å². The molecule has 0 bridgehead atoms. The molecule has 1 fully saturated rings. The maximum absolute atomic E-state index is 12.3. The molecule has 0 saturated heterocycles. The van der Waals surface area contributed by atoms with Gasteiger partial charge >= 0.3 is 0 Å². The molecule has 1 aliphatic carbocycles. The average molecular weight is 279 g/mol. The van der Waals surface area contributed by atoms with Crippen molar-refractivity contribution in [2.45, 2.75) is 44.4 Å². The zero-order valence-corrected chi connectivity index (χ0v) is 12.3. The number of aromatic hydroxyl groups is 1. The van der Waals surface area contributed by atoms with E-state index in [4.69, 9.17) is 0 Å². The molecule has 1 aromatic carbocycles. The number of benzene rings is 1. The molecule has 2 unspecified atom stereocenters. The van der Waals surface area contributed by atoms with Gasteiger partial charge in [0, 0.05) is 22.4 Å². The summed E-state index contributed by atoms with van der Waals surface area (Å²) >= 11 is 1.93. The Morgan fingerprint density at radius 3 is 3.00 bits per heavy atom. The molecule has 104 valence electrons. The SMILES string of the molecule is CCSC1CCCC1NC(=O)c1cccc(O)c1C. The molecule has 1 amide bonds. The first-order valence-electron chi connectivity index (χ1n) is 6.84. The van der Waals surface area contributed by atoms with Gasteiger partial charge in [0.05, 0.1) is 0 Å². The second-order valence-corrected chi connectivity index (χ2v) is 6.47. The van der Waals surface area contributed by atoms with E-state index in [1.807, 2.05) is 11.8 Å². The highest BCUT2D eigenvalue weighted by Crippen LogP contribution is 2.30. The maximum atomic E-state index is 12.3. The van der Waals surface area contributed by atoms with Gasteiger partial charge in [-0.15, -0.1) is 0 Å². The highest BCUT2D eigenvalue weighted by atomic mass is 32.2. The number of rotatable bonds is 4. The molecule has 2 atom stereocenters. The van der Waals surface area contributed by atoms with Crippen LogP contribution in [0.1, 0.15) is 42.1 Å². The van der Waals surface area contributed by atoms with E-state index in [2.05, 4.69) is 12.2 Å². The smallest absolute Gasteiger partial charge is 0.251 e. The number of carbonyl (C=O) groups excluding carboxylic acids is 1. The first-order chi connectivity index (χ1) is 9.13. The van der Waals surface area contributed by atoms with Gasteiger partial charge in [-0.2, -0.15) is 11.8 Å². The summed E-state index contributed by atoms with van der Waals surface area (Å²) in [5.74, 6) is 1.20. The molecule has 1 aromatic rings. The second-order valence-electron chi connectivity index (χ2n) is 4.95. The highest BCUT2D eigenvalue weighted by molar-refractivity contribution is 7.99. The topological polar surface area (TPSA) is 49.3 Å². The first kappa shape index (κ1) is 14.3. The summed E-state index contributed by atoms with van der Waals surface area (Å²) in [6.45, 7) is 3.93. The van der Waals surface area contributed by atoms with Crippen molar-refractivity contribution in [2.24, 2.45) is 0 Å². The minimum absolute atomic E-state index is 0.0676. The van der Waals surface area contributed by atoms with Gasteiger partial charge in [-0.05, 0) is 37.7 Å². The highest BCUT2D eigenvalue weighted by Gasteiger charge is 2.29. The van der Waals surface area contributed by atoms with Crippen LogP contribution in [0.25, 0.3) is 0 Å². The van der Waals surface area contributed by atoms with Gasteiger partial charge in [0.25, 0.3) is 5.91 Å². The van der Waals surface area contributed by atoms with Crippen LogP contribution in [0, 0.1) is 6.92 Å². The van der Waals surface area contributed by atoms with Crippen LogP contribution in [0.5, 0.6) is 5.75 Å². The number of phenolic OH excluding ortho intramolecular Hbond substituents is 1. The number of amides is 1.